The van der Waals surface area contributed by atoms with Crippen molar-refractivity contribution in [3.8, 4) is 22.9 Å². The Bertz CT molecular complexity index is 2060. The van der Waals surface area contributed by atoms with Gasteiger partial charge in [0.2, 0.25) is 5.75 Å². The summed E-state index contributed by atoms with van der Waals surface area (Å²) < 4.78 is 65.3. The topological polar surface area (TPSA) is 138 Å². The Morgan fingerprint density at radius 3 is 2.54 bits per heavy atom. The third-order valence-corrected chi connectivity index (χ3v) is 6.45. The lowest BCUT2D eigenvalue weighted by molar-refractivity contribution is -0.385. The lowest BCUT2D eigenvalue weighted by Gasteiger charge is -2.13. The second kappa shape index (κ2) is 12.9. The number of nitrogens with one attached hydrogen (secondary N) is 1. The number of hydrogen-bond acceptors (Lipinski definition) is 8. The maximum Gasteiger partial charge on any atom is 0.416 e. The van der Waals surface area contributed by atoms with Gasteiger partial charge < -0.3 is 14.8 Å². The molecule has 0 aliphatic heterocycles. The van der Waals surface area contributed by atoms with Gasteiger partial charge in [-0.05, 0) is 48.5 Å². The van der Waals surface area contributed by atoms with E-state index in [2.05, 4.69) is 15.4 Å². The molecule has 1 heterocycles. The lowest BCUT2D eigenvalue weighted by Crippen LogP contribution is -2.21. The molecule has 15 heteroatoms. The van der Waals surface area contributed by atoms with E-state index in [1.165, 1.54) is 55.6 Å². The summed E-state index contributed by atoms with van der Waals surface area (Å²) in [6.45, 7) is -0.695. The van der Waals surface area contributed by atoms with Crippen molar-refractivity contribution in [3.05, 3.63) is 122 Å². The van der Waals surface area contributed by atoms with E-state index in [0.717, 1.165) is 35.2 Å². The van der Waals surface area contributed by atoms with Crippen LogP contribution in [0.15, 0.2) is 94.8 Å². The number of para-hydroxylation sites is 1. The number of anilines is 1. The molecule has 234 valence electrons. The molecule has 0 atom stereocenters. The summed E-state index contributed by atoms with van der Waals surface area (Å²) in [5.74, 6) is -2.10. The van der Waals surface area contributed by atoms with Crippen LogP contribution in [0.2, 0.25) is 0 Å². The number of hydrogen-bond donors (Lipinski definition) is 1. The zero-order valence-corrected chi connectivity index (χ0v) is 23.6. The second-order valence-electron chi connectivity index (χ2n) is 9.57. The van der Waals surface area contributed by atoms with Crippen molar-refractivity contribution >= 4 is 34.4 Å². The summed E-state index contributed by atoms with van der Waals surface area (Å²) in [6, 6.07) is 17.8. The zero-order chi connectivity index (χ0) is 33.0. The number of nitro groups is 1. The highest BCUT2D eigenvalue weighted by molar-refractivity contribution is 5.92. The number of ether oxygens (including phenoxy) is 2. The van der Waals surface area contributed by atoms with E-state index in [9.17, 15) is 37.3 Å². The van der Waals surface area contributed by atoms with Gasteiger partial charge in [0.1, 0.15) is 5.82 Å². The number of fused-ring (bicyclic) bond motifs is 1. The van der Waals surface area contributed by atoms with Crippen LogP contribution >= 0.6 is 0 Å². The predicted octanol–water partition coefficient (Wildman–Crippen LogP) is 6.04. The van der Waals surface area contributed by atoms with Crippen molar-refractivity contribution in [2.24, 2.45) is 5.10 Å². The van der Waals surface area contributed by atoms with Crippen LogP contribution in [0.5, 0.6) is 11.5 Å². The SMILES string of the molecule is COc1cc(C=Nn2c(-c3cccc(C(F)(F)F)c3)nc3ccccc3c2=O)cc([N+](=O)[O-])c1OCC(=O)Nc1cccc(F)c1. The first kappa shape index (κ1) is 31.3. The monoisotopic (exact) mass is 635 g/mol. The van der Waals surface area contributed by atoms with Gasteiger partial charge in [-0.3, -0.25) is 19.7 Å². The Kier molecular flexibility index (Phi) is 8.75. The van der Waals surface area contributed by atoms with Crippen molar-refractivity contribution in [1.29, 1.82) is 0 Å². The first-order chi connectivity index (χ1) is 21.9. The number of benzene rings is 4. The third-order valence-electron chi connectivity index (χ3n) is 6.45. The average molecular weight is 636 g/mol. The van der Waals surface area contributed by atoms with Crippen LogP contribution in [0.25, 0.3) is 22.3 Å². The fourth-order valence-corrected chi connectivity index (χ4v) is 4.39. The van der Waals surface area contributed by atoms with E-state index in [1.807, 2.05) is 0 Å². The number of rotatable bonds is 9. The maximum absolute atomic E-state index is 13.5. The third kappa shape index (κ3) is 6.83. The Morgan fingerprint density at radius 1 is 1.07 bits per heavy atom. The van der Waals surface area contributed by atoms with Crippen LogP contribution in [-0.2, 0) is 11.0 Å². The maximum atomic E-state index is 13.5. The number of halogens is 4. The average Bonchev–Trinajstić information content (AvgIpc) is 3.02. The minimum Gasteiger partial charge on any atom is -0.493 e. The molecule has 5 aromatic rings. The van der Waals surface area contributed by atoms with Gasteiger partial charge in [0, 0.05) is 22.9 Å². The number of amides is 1. The van der Waals surface area contributed by atoms with E-state index < -0.39 is 52.0 Å². The van der Waals surface area contributed by atoms with Gasteiger partial charge in [0.25, 0.3) is 11.5 Å². The fourth-order valence-electron chi connectivity index (χ4n) is 4.39. The molecular formula is C31H21F4N5O6. The number of carbonyl (C=O) groups is 1. The smallest absolute Gasteiger partial charge is 0.416 e. The van der Waals surface area contributed by atoms with Gasteiger partial charge in [-0.1, -0.05) is 30.3 Å². The van der Waals surface area contributed by atoms with Crippen molar-refractivity contribution in [2.75, 3.05) is 19.0 Å². The minimum absolute atomic E-state index is 0.0372. The van der Waals surface area contributed by atoms with Gasteiger partial charge >= 0.3 is 11.9 Å². The highest BCUT2D eigenvalue weighted by atomic mass is 19.4. The molecule has 0 aliphatic rings. The summed E-state index contributed by atoms with van der Waals surface area (Å²) >= 11 is 0. The lowest BCUT2D eigenvalue weighted by atomic mass is 10.1. The molecule has 46 heavy (non-hydrogen) atoms. The second-order valence-corrected chi connectivity index (χ2v) is 9.57. The largest absolute Gasteiger partial charge is 0.493 e. The molecule has 0 spiro atoms. The molecule has 0 unspecified atom stereocenters. The summed E-state index contributed by atoms with van der Waals surface area (Å²) in [7, 11) is 1.20. The summed E-state index contributed by atoms with van der Waals surface area (Å²) in [5, 5.41) is 18.6. The fraction of sp³-hybridized carbons (Fsp3) is 0.0968. The van der Waals surface area contributed by atoms with Crippen molar-refractivity contribution in [1.82, 2.24) is 9.66 Å². The van der Waals surface area contributed by atoms with Crippen LogP contribution in [-0.4, -0.2) is 40.4 Å². The quantitative estimate of drug-likeness (QED) is 0.0903. The number of alkyl halides is 3. The molecule has 0 radical (unpaired) electrons. The summed E-state index contributed by atoms with van der Waals surface area (Å²) in [6.07, 6.45) is -3.61. The first-order valence-electron chi connectivity index (χ1n) is 13.2. The van der Waals surface area contributed by atoms with Crippen LogP contribution in [0.4, 0.5) is 28.9 Å². The molecule has 0 fully saturated rings. The van der Waals surface area contributed by atoms with Gasteiger partial charge in [-0.25, -0.2) is 9.37 Å². The molecule has 0 saturated heterocycles. The molecule has 0 aliphatic carbocycles. The van der Waals surface area contributed by atoms with E-state index in [1.54, 1.807) is 12.1 Å². The Hall–Kier alpha value is -6.12. The van der Waals surface area contributed by atoms with Gasteiger partial charge in [-0.15, -0.1) is 0 Å². The van der Waals surface area contributed by atoms with Crippen LogP contribution < -0.4 is 20.3 Å². The Labute approximate surface area is 256 Å². The van der Waals surface area contributed by atoms with Crippen molar-refractivity contribution < 1.29 is 36.8 Å². The zero-order valence-electron chi connectivity index (χ0n) is 23.6. The number of aromatic nitrogens is 2. The van der Waals surface area contributed by atoms with E-state index >= 15 is 0 Å². The normalized spacial score (nSPS) is 11.5. The molecule has 1 aromatic heterocycles. The van der Waals surface area contributed by atoms with Crippen LogP contribution in [0.3, 0.4) is 0 Å². The minimum atomic E-state index is -4.67. The molecular weight excluding hydrogens is 614 g/mol. The predicted molar refractivity (Wildman–Crippen MR) is 160 cm³/mol. The standard InChI is InChI=1S/C31H21F4N5O6/c1-45-26-13-18(12-25(40(43)44)28(26)46-17-27(41)37-22-9-5-8-21(32)15-22)16-36-39-29(19-6-4-7-20(14-19)31(33,34)35)38-24-11-3-2-10-23(24)30(39)42/h2-16H,17H2,1H3,(H,37,41). The van der Waals surface area contributed by atoms with Gasteiger partial charge in [0.15, 0.2) is 18.2 Å². The molecule has 1 N–H and O–H groups in total. The molecule has 1 amide bonds. The highest BCUT2D eigenvalue weighted by Gasteiger charge is 2.31. The molecule has 0 saturated carbocycles. The van der Waals surface area contributed by atoms with E-state index in [0.29, 0.717) is 0 Å². The molecule has 11 nitrogen and oxygen atoms in total. The number of methoxy groups -OCH3 is 1. The van der Waals surface area contributed by atoms with E-state index in [4.69, 9.17) is 9.47 Å². The molecule has 0 bridgehead atoms. The van der Waals surface area contributed by atoms with E-state index in [-0.39, 0.29) is 39.3 Å². The van der Waals surface area contributed by atoms with Gasteiger partial charge in [-0.2, -0.15) is 22.9 Å². The number of nitro benzene ring substituents is 1. The molecule has 4 aromatic carbocycles. The highest BCUT2D eigenvalue weighted by Crippen LogP contribution is 2.38. The summed E-state index contributed by atoms with van der Waals surface area (Å²) in [4.78, 5) is 41.4. The van der Waals surface area contributed by atoms with Crippen LogP contribution in [0, 0.1) is 15.9 Å². The van der Waals surface area contributed by atoms with Crippen LogP contribution in [0.1, 0.15) is 11.1 Å². The van der Waals surface area contributed by atoms with Crippen molar-refractivity contribution in [3.63, 3.8) is 0 Å². The first-order valence-corrected chi connectivity index (χ1v) is 13.2. The molecule has 5 rings (SSSR count). The van der Waals surface area contributed by atoms with Crippen molar-refractivity contribution in [2.45, 2.75) is 6.18 Å². The number of nitrogens with zero attached hydrogens (tertiary/aromatic N) is 4. The van der Waals surface area contributed by atoms with Gasteiger partial charge in [0.05, 0.1) is 34.7 Å². The summed E-state index contributed by atoms with van der Waals surface area (Å²) in [5.41, 5.74) is -1.96. The Morgan fingerprint density at radius 2 is 1.83 bits per heavy atom. The number of carbonyl (C=O) groups excluding carboxylic acids is 1. The Balaban J connectivity index is 1.52.